The number of esters is 1. The van der Waals surface area contributed by atoms with Gasteiger partial charge in [-0.25, -0.2) is 0 Å². The van der Waals surface area contributed by atoms with E-state index in [0.29, 0.717) is 31.0 Å². The Morgan fingerprint density at radius 1 is 1.11 bits per heavy atom. The van der Waals surface area contributed by atoms with E-state index < -0.39 is 47.8 Å². The van der Waals surface area contributed by atoms with Crippen molar-refractivity contribution in [2.75, 3.05) is 20.3 Å². The Morgan fingerprint density at radius 2 is 1.83 bits per heavy atom. The van der Waals surface area contributed by atoms with Gasteiger partial charge in [-0.05, 0) is 61.7 Å². The van der Waals surface area contributed by atoms with Gasteiger partial charge in [0, 0.05) is 12.5 Å². The van der Waals surface area contributed by atoms with Crippen molar-refractivity contribution in [2.45, 2.75) is 90.4 Å². The minimum Gasteiger partial charge on any atom is -0.453 e. The Bertz CT molecular complexity index is 911. The van der Waals surface area contributed by atoms with E-state index in [2.05, 4.69) is 26.8 Å². The number of ether oxygens (including phenoxy) is 5. The van der Waals surface area contributed by atoms with Gasteiger partial charge in [-0.15, -0.1) is 0 Å². The standard InChI is InChI=1S/C28H42O8/c1-13(2)19-10-16-12-27(26-33-8-9-34-26)18-7-6-14(3)17(18)11-20(16)28(19,27)25(31)36-23-22(30)21(29)15(4)35-24(23)32-5/h10,13-18,20-24,26,29-30H,6-9,11-12H2,1-5H3/t14?,15-,16?,17?,18?,20?,21-,22-,23+,24-,27?,28-/m1/s1. The number of rotatable bonds is 5. The molecule has 2 aliphatic heterocycles. The van der Waals surface area contributed by atoms with Gasteiger partial charge in [-0.3, -0.25) is 4.79 Å². The van der Waals surface area contributed by atoms with Crippen LogP contribution < -0.4 is 0 Å². The van der Waals surface area contributed by atoms with Crippen LogP contribution in [-0.2, 0) is 28.5 Å². The second-order valence-electron chi connectivity index (χ2n) is 12.5. The van der Waals surface area contributed by atoms with Crippen LogP contribution in [0.3, 0.4) is 0 Å². The van der Waals surface area contributed by atoms with E-state index in [-0.39, 0.29) is 23.7 Å². The quantitative estimate of drug-likeness (QED) is 0.433. The van der Waals surface area contributed by atoms with Gasteiger partial charge in [0.2, 0.25) is 0 Å². The first-order chi connectivity index (χ1) is 17.2. The molecule has 2 N–H and O–H groups in total. The molecule has 4 aliphatic carbocycles. The van der Waals surface area contributed by atoms with Crippen molar-refractivity contribution in [1.82, 2.24) is 0 Å². The second-order valence-corrected chi connectivity index (χ2v) is 12.5. The van der Waals surface area contributed by atoms with Crippen LogP contribution in [0.2, 0.25) is 0 Å². The Labute approximate surface area is 213 Å². The lowest BCUT2D eigenvalue weighted by atomic mass is 9.46. The molecule has 202 valence electrons. The third-order valence-corrected chi connectivity index (χ3v) is 10.8. The highest BCUT2D eigenvalue weighted by Crippen LogP contribution is 2.80. The van der Waals surface area contributed by atoms with Crippen molar-refractivity contribution in [3.05, 3.63) is 11.6 Å². The molecule has 0 amide bonds. The minimum absolute atomic E-state index is 0.114. The number of fused-ring (bicyclic) bond motifs is 2. The molecular formula is C28H42O8. The highest BCUT2D eigenvalue weighted by molar-refractivity contribution is 5.85. The first kappa shape index (κ1) is 25.3. The molecule has 8 heteroatoms. The molecule has 5 fully saturated rings. The number of carbonyl (C=O) groups is 1. The van der Waals surface area contributed by atoms with Crippen molar-refractivity contribution >= 4 is 5.97 Å². The maximum Gasteiger partial charge on any atom is 0.317 e. The lowest BCUT2D eigenvalue weighted by molar-refractivity contribution is -0.297. The maximum absolute atomic E-state index is 14.8. The molecule has 0 aromatic rings. The SMILES string of the molecule is CO[C@@H]1O[C@H](C)[C@@H](O)[C@@H](O)[C@@H]1OC(=O)[C@]12C(C(C)C)=CC3CC1(C1OCCO1)C1CCC(C)C1CC32. The van der Waals surface area contributed by atoms with Gasteiger partial charge in [-0.1, -0.05) is 38.8 Å². The summed E-state index contributed by atoms with van der Waals surface area (Å²) in [6, 6.07) is 0. The largest absolute Gasteiger partial charge is 0.453 e. The number of aliphatic hydroxyl groups is 2. The van der Waals surface area contributed by atoms with E-state index >= 15 is 0 Å². The molecule has 12 atom stereocenters. The molecule has 6 rings (SSSR count). The van der Waals surface area contributed by atoms with Gasteiger partial charge in [0.05, 0.1) is 19.3 Å². The highest BCUT2D eigenvalue weighted by Gasteiger charge is 2.81. The Balaban J connectivity index is 1.46. The van der Waals surface area contributed by atoms with Crippen LogP contribution >= 0.6 is 0 Å². The van der Waals surface area contributed by atoms with Gasteiger partial charge in [0.15, 0.2) is 18.7 Å². The molecule has 3 saturated carbocycles. The van der Waals surface area contributed by atoms with E-state index in [4.69, 9.17) is 23.7 Å². The van der Waals surface area contributed by atoms with Crippen LogP contribution in [0, 0.1) is 46.3 Å². The number of aliphatic hydroxyl groups excluding tert-OH is 2. The van der Waals surface area contributed by atoms with Gasteiger partial charge in [-0.2, -0.15) is 0 Å². The van der Waals surface area contributed by atoms with E-state index in [9.17, 15) is 15.0 Å². The summed E-state index contributed by atoms with van der Waals surface area (Å²) in [5.74, 6) is 1.64. The third kappa shape index (κ3) is 3.06. The average molecular weight is 507 g/mol. The zero-order valence-electron chi connectivity index (χ0n) is 22.1. The van der Waals surface area contributed by atoms with Crippen LogP contribution in [0.4, 0.5) is 0 Å². The smallest absolute Gasteiger partial charge is 0.317 e. The average Bonchev–Trinajstić information content (AvgIpc) is 3.62. The zero-order chi connectivity index (χ0) is 25.6. The summed E-state index contributed by atoms with van der Waals surface area (Å²) >= 11 is 0. The molecule has 0 radical (unpaired) electrons. The Morgan fingerprint density at radius 3 is 2.50 bits per heavy atom. The van der Waals surface area contributed by atoms with Crippen LogP contribution in [0.1, 0.15) is 53.4 Å². The first-order valence-electron chi connectivity index (χ1n) is 13.9. The van der Waals surface area contributed by atoms with Crippen LogP contribution in [0.5, 0.6) is 0 Å². The molecule has 8 nitrogen and oxygen atoms in total. The van der Waals surface area contributed by atoms with Gasteiger partial charge in [0.1, 0.15) is 17.6 Å². The Kier molecular flexibility index (Phi) is 6.14. The maximum atomic E-state index is 14.8. The molecule has 36 heavy (non-hydrogen) atoms. The fourth-order valence-corrected chi connectivity index (χ4v) is 9.53. The van der Waals surface area contributed by atoms with Gasteiger partial charge >= 0.3 is 5.97 Å². The predicted molar refractivity (Wildman–Crippen MR) is 128 cm³/mol. The molecule has 2 heterocycles. The molecule has 0 aromatic heterocycles. The highest BCUT2D eigenvalue weighted by atomic mass is 16.7. The lowest BCUT2D eigenvalue weighted by Gasteiger charge is -2.58. The van der Waals surface area contributed by atoms with E-state index in [1.165, 1.54) is 7.11 Å². The number of allylic oxidation sites excluding steroid dienone is 1. The molecule has 6 unspecified atom stereocenters. The van der Waals surface area contributed by atoms with Crippen molar-refractivity contribution in [1.29, 1.82) is 0 Å². The fraction of sp³-hybridized carbons (Fsp3) is 0.893. The number of carbonyl (C=O) groups excluding carboxylic acids is 1. The summed E-state index contributed by atoms with van der Waals surface area (Å²) in [6.45, 7) is 9.39. The Hall–Kier alpha value is -1.03. The third-order valence-electron chi connectivity index (χ3n) is 10.8. The van der Waals surface area contributed by atoms with Crippen molar-refractivity contribution in [2.24, 2.45) is 46.3 Å². The molecule has 6 aliphatic rings. The zero-order valence-corrected chi connectivity index (χ0v) is 22.1. The summed E-state index contributed by atoms with van der Waals surface area (Å²) < 4.78 is 30.1. The van der Waals surface area contributed by atoms with Crippen molar-refractivity contribution < 1.29 is 38.7 Å². The normalized spacial score (nSPS) is 52.1. The van der Waals surface area contributed by atoms with Crippen molar-refractivity contribution in [3.8, 4) is 0 Å². The van der Waals surface area contributed by atoms with Crippen LogP contribution in [0.25, 0.3) is 0 Å². The van der Waals surface area contributed by atoms with E-state index in [1.807, 2.05) is 0 Å². The van der Waals surface area contributed by atoms with Gasteiger partial charge < -0.3 is 33.9 Å². The lowest BCUT2D eigenvalue weighted by Crippen LogP contribution is -2.65. The van der Waals surface area contributed by atoms with E-state index in [1.54, 1.807) is 6.92 Å². The molecule has 4 bridgehead atoms. The van der Waals surface area contributed by atoms with Crippen LogP contribution in [-0.4, -0.2) is 73.5 Å². The summed E-state index contributed by atoms with van der Waals surface area (Å²) in [5.41, 5.74) is -0.273. The van der Waals surface area contributed by atoms with Crippen LogP contribution in [0.15, 0.2) is 11.6 Å². The summed E-state index contributed by atoms with van der Waals surface area (Å²) in [7, 11) is 1.46. The fourth-order valence-electron chi connectivity index (χ4n) is 9.53. The topological polar surface area (TPSA) is 104 Å². The molecule has 0 spiro atoms. The first-order valence-corrected chi connectivity index (χ1v) is 13.9. The molecule has 2 saturated heterocycles. The van der Waals surface area contributed by atoms with Crippen molar-refractivity contribution in [3.63, 3.8) is 0 Å². The molecular weight excluding hydrogens is 464 g/mol. The van der Waals surface area contributed by atoms with Gasteiger partial charge in [0.25, 0.3) is 0 Å². The minimum atomic E-state index is -1.31. The molecule has 0 aromatic carbocycles. The second kappa shape index (κ2) is 8.75. The summed E-state index contributed by atoms with van der Waals surface area (Å²) in [5, 5.41) is 21.5. The predicted octanol–water partition coefficient (Wildman–Crippen LogP) is 2.66. The number of hydrogen-bond donors (Lipinski definition) is 2. The van der Waals surface area contributed by atoms with E-state index in [0.717, 1.165) is 31.3 Å². The number of hydrogen-bond acceptors (Lipinski definition) is 8. The monoisotopic (exact) mass is 506 g/mol. The summed E-state index contributed by atoms with van der Waals surface area (Å²) in [6.07, 6.45) is 0.735. The number of methoxy groups -OCH3 is 1. The summed E-state index contributed by atoms with van der Waals surface area (Å²) in [4.78, 5) is 14.8.